The zero-order chi connectivity index (χ0) is 14.3. The van der Waals surface area contributed by atoms with E-state index in [1.54, 1.807) is 0 Å². The lowest BCUT2D eigenvalue weighted by molar-refractivity contribution is 0.0157. The number of ether oxygens (including phenoxy) is 1. The number of nitrogens with zero attached hydrogens (tertiary/aromatic N) is 1. The van der Waals surface area contributed by atoms with Gasteiger partial charge < -0.3 is 10.1 Å². The van der Waals surface area contributed by atoms with Crippen molar-refractivity contribution in [2.45, 2.75) is 24.9 Å². The summed E-state index contributed by atoms with van der Waals surface area (Å²) >= 11 is 2.09. The van der Waals surface area contributed by atoms with Crippen LogP contribution in [0.5, 0.6) is 0 Å². The quantitative estimate of drug-likeness (QED) is 0.903. The third kappa shape index (κ3) is 4.46. The van der Waals surface area contributed by atoms with E-state index in [1.165, 1.54) is 29.9 Å². The van der Waals surface area contributed by atoms with Crippen LogP contribution in [0.4, 0.5) is 0 Å². The van der Waals surface area contributed by atoms with Crippen LogP contribution in [0, 0.1) is 0 Å². The van der Waals surface area contributed by atoms with Crippen LogP contribution in [0.15, 0.2) is 30.3 Å². The molecule has 0 aliphatic carbocycles. The van der Waals surface area contributed by atoms with Gasteiger partial charge in [-0.2, -0.15) is 11.8 Å². The van der Waals surface area contributed by atoms with E-state index in [9.17, 15) is 0 Å². The van der Waals surface area contributed by atoms with E-state index in [0.29, 0.717) is 12.1 Å². The first kappa shape index (κ1) is 15.3. The highest BCUT2D eigenvalue weighted by atomic mass is 32.2. The van der Waals surface area contributed by atoms with Gasteiger partial charge in [0.25, 0.3) is 0 Å². The molecule has 0 radical (unpaired) electrons. The molecule has 0 saturated carbocycles. The molecule has 2 atom stereocenters. The van der Waals surface area contributed by atoms with Crippen molar-refractivity contribution in [3.05, 3.63) is 35.9 Å². The maximum absolute atomic E-state index is 5.51. The van der Waals surface area contributed by atoms with Gasteiger partial charge in [-0.25, -0.2) is 0 Å². The first-order valence-corrected chi connectivity index (χ1v) is 9.27. The van der Waals surface area contributed by atoms with Crippen LogP contribution in [0.2, 0.25) is 0 Å². The Kier molecular flexibility index (Phi) is 5.98. The van der Waals surface area contributed by atoms with E-state index in [-0.39, 0.29) is 0 Å². The largest absolute Gasteiger partial charge is 0.379 e. The third-order valence-corrected chi connectivity index (χ3v) is 5.65. The lowest BCUT2D eigenvalue weighted by atomic mass is 10.0. The molecule has 116 valence electrons. The van der Waals surface area contributed by atoms with E-state index < -0.39 is 0 Å². The van der Waals surface area contributed by atoms with Crippen molar-refractivity contribution in [2.75, 3.05) is 44.4 Å². The lowest BCUT2D eigenvalue weighted by Crippen LogP contribution is -2.45. The Bertz CT molecular complexity index is 403. The predicted octanol–water partition coefficient (Wildman–Crippen LogP) is 2.55. The smallest absolute Gasteiger partial charge is 0.0594 e. The fourth-order valence-corrected chi connectivity index (χ4v) is 4.31. The van der Waals surface area contributed by atoms with Gasteiger partial charge in [0, 0.05) is 37.5 Å². The van der Waals surface area contributed by atoms with Crippen molar-refractivity contribution in [3.63, 3.8) is 0 Å². The van der Waals surface area contributed by atoms with Crippen molar-refractivity contribution in [1.29, 1.82) is 0 Å². The Morgan fingerprint density at radius 1 is 1.24 bits per heavy atom. The monoisotopic (exact) mass is 306 g/mol. The van der Waals surface area contributed by atoms with Crippen LogP contribution in [0.1, 0.15) is 24.4 Å². The molecule has 2 saturated heterocycles. The minimum Gasteiger partial charge on any atom is -0.379 e. The molecule has 0 amide bonds. The summed E-state index contributed by atoms with van der Waals surface area (Å²) in [5.74, 6) is 2.61. The Morgan fingerprint density at radius 3 is 2.76 bits per heavy atom. The van der Waals surface area contributed by atoms with Crippen LogP contribution < -0.4 is 5.32 Å². The lowest BCUT2D eigenvalue weighted by Gasteiger charge is -2.36. The van der Waals surface area contributed by atoms with Crippen molar-refractivity contribution < 1.29 is 4.74 Å². The summed E-state index contributed by atoms with van der Waals surface area (Å²) in [6.07, 6.45) is 2.69. The minimum atomic E-state index is 0.474. The van der Waals surface area contributed by atoms with Crippen LogP contribution in [0.3, 0.4) is 0 Å². The maximum Gasteiger partial charge on any atom is 0.0594 e. The van der Waals surface area contributed by atoms with Crippen LogP contribution in [0.25, 0.3) is 0 Å². The number of thioether (sulfide) groups is 1. The van der Waals surface area contributed by atoms with Gasteiger partial charge >= 0.3 is 0 Å². The first-order chi connectivity index (χ1) is 10.4. The van der Waals surface area contributed by atoms with Crippen molar-refractivity contribution in [1.82, 2.24) is 10.2 Å². The summed E-state index contributed by atoms with van der Waals surface area (Å²) in [6, 6.07) is 12.1. The molecule has 2 aliphatic rings. The molecule has 3 rings (SSSR count). The topological polar surface area (TPSA) is 24.5 Å². The van der Waals surface area contributed by atoms with Gasteiger partial charge in [-0.3, -0.25) is 4.90 Å². The SMILES string of the molecule is c1ccc([C@H](CN[C@@H]2CCCSC2)N2CCOCC2)cc1. The third-order valence-electron chi connectivity index (χ3n) is 4.43. The Balaban J connectivity index is 1.63. The van der Waals surface area contributed by atoms with Crippen molar-refractivity contribution in [2.24, 2.45) is 0 Å². The summed E-state index contributed by atoms with van der Waals surface area (Å²) in [5.41, 5.74) is 1.43. The number of benzene rings is 1. The summed E-state index contributed by atoms with van der Waals surface area (Å²) in [5, 5.41) is 3.81. The number of morpholine rings is 1. The van der Waals surface area contributed by atoms with Crippen LogP contribution >= 0.6 is 11.8 Å². The molecule has 3 nitrogen and oxygen atoms in total. The molecule has 0 bridgehead atoms. The van der Waals surface area contributed by atoms with E-state index in [4.69, 9.17) is 4.74 Å². The minimum absolute atomic E-state index is 0.474. The Labute approximate surface area is 132 Å². The second-order valence-electron chi connectivity index (χ2n) is 5.90. The molecule has 2 fully saturated rings. The van der Waals surface area contributed by atoms with Gasteiger partial charge in [-0.15, -0.1) is 0 Å². The highest BCUT2D eigenvalue weighted by Gasteiger charge is 2.23. The second-order valence-corrected chi connectivity index (χ2v) is 7.05. The molecule has 0 unspecified atom stereocenters. The highest BCUT2D eigenvalue weighted by molar-refractivity contribution is 7.99. The summed E-state index contributed by atoms with van der Waals surface area (Å²) in [4.78, 5) is 2.57. The van der Waals surface area contributed by atoms with Gasteiger partial charge in [-0.1, -0.05) is 30.3 Å². The average molecular weight is 306 g/mol. The van der Waals surface area contributed by atoms with Crippen molar-refractivity contribution >= 4 is 11.8 Å². The number of nitrogens with one attached hydrogen (secondary N) is 1. The molecule has 0 spiro atoms. The Morgan fingerprint density at radius 2 is 2.05 bits per heavy atom. The number of rotatable bonds is 5. The molecule has 21 heavy (non-hydrogen) atoms. The van der Waals surface area contributed by atoms with E-state index in [2.05, 4.69) is 52.3 Å². The molecular weight excluding hydrogens is 280 g/mol. The van der Waals surface area contributed by atoms with Gasteiger partial charge in [0.05, 0.1) is 13.2 Å². The van der Waals surface area contributed by atoms with E-state index in [1.807, 2.05) is 0 Å². The number of hydrogen-bond acceptors (Lipinski definition) is 4. The van der Waals surface area contributed by atoms with Gasteiger partial charge in [0.1, 0.15) is 0 Å². The highest BCUT2D eigenvalue weighted by Crippen LogP contribution is 2.23. The molecule has 1 N–H and O–H groups in total. The Hall–Kier alpha value is -0.550. The molecule has 2 aliphatic heterocycles. The summed E-state index contributed by atoms with van der Waals surface area (Å²) in [6.45, 7) is 4.86. The van der Waals surface area contributed by atoms with Gasteiger partial charge in [0.2, 0.25) is 0 Å². The van der Waals surface area contributed by atoms with Gasteiger partial charge in [-0.05, 0) is 24.2 Å². The number of hydrogen-bond donors (Lipinski definition) is 1. The van der Waals surface area contributed by atoms with Crippen LogP contribution in [-0.2, 0) is 4.74 Å². The zero-order valence-electron chi connectivity index (χ0n) is 12.7. The van der Waals surface area contributed by atoms with Gasteiger partial charge in [0.15, 0.2) is 0 Å². The molecule has 4 heteroatoms. The van der Waals surface area contributed by atoms with Crippen LogP contribution in [-0.4, -0.2) is 55.3 Å². The first-order valence-electron chi connectivity index (χ1n) is 8.11. The maximum atomic E-state index is 5.51. The average Bonchev–Trinajstić information content (AvgIpc) is 2.58. The van der Waals surface area contributed by atoms with Crippen molar-refractivity contribution in [3.8, 4) is 0 Å². The zero-order valence-corrected chi connectivity index (χ0v) is 13.5. The molecule has 2 heterocycles. The predicted molar refractivity (Wildman–Crippen MR) is 89.9 cm³/mol. The summed E-state index contributed by atoms with van der Waals surface area (Å²) in [7, 11) is 0. The summed E-state index contributed by atoms with van der Waals surface area (Å²) < 4.78 is 5.51. The normalized spacial score (nSPS) is 25.6. The second kappa shape index (κ2) is 8.18. The molecule has 0 aromatic heterocycles. The fraction of sp³-hybridized carbons (Fsp3) is 0.647. The van der Waals surface area contributed by atoms with E-state index >= 15 is 0 Å². The molecular formula is C17H26N2OS. The fourth-order valence-electron chi connectivity index (χ4n) is 3.20. The molecule has 1 aromatic rings. The standard InChI is InChI=1S/C17H26N2OS/c1-2-5-15(6-3-1)17(19-8-10-20-11-9-19)13-18-16-7-4-12-21-14-16/h1-3,5-6,16-18H,4,7-14H2/t16-,17+/m1/s1. The van der Waals surface area contributed by atoms with E-state index in [0.717, 1.165) is 32.8 Å². The molecule has 1 aromatic carbocycles.